The van der Waals surface area contributed by atoms with E-state index in [-0.39, 0.29) is 17.0 Å². The molecule has 1 heterocycles. The molecule has 1 aromatic rings. The Hall–Kier alpha value is -1.04. The molecule has 1 aliphatic rings. The van der Waals surface area contributed by atoms with Gasteiger partial charge in [-0.05, 0) is 19.8 Å². The summed E-state index contributed by atoms with van der Waals surface area (Å²) in [6, 6.07) is 1.65. The fourth-order valence-corrected chi connectivity index (χ4v) is 2.86. The Morgan fingerprint density at radius 3 is 2.45 bits per heavy atom. The predicted molar refractivity (Wildman–Crippen MR) is 71.9 cm³/mol. The zero-order chi connectivity index (χ0) is 14.8. The van der Waals surface area contributed by atoms with Gasteiger partial charge in [-0.15, -0.1) is 0 Å². The Labute approximate surface area is 121 Å². The number of hydrogen-bond donors (Lipinski definition) is 0. The van der Waals surface area contributed by atoms with Crippen molar-refractivity contribution in [3.05, 3.63) is 17.0 Å². The normalized spacial score (nSPS) is 17.2. The van der Waals surface area contributed by atoms with Crippen LogP contribution in [0.1, 0.15) is 44.9 Å². The molecule has 0 spiro atoms. The molecule has 0 unspecified atom stereocenters. The zero-order valence-electron chi connectivity index (χ0n) is 11.3. The van der Waals surface area contributed by atoms with E-state index in [0.29, 0.717) is 6.54 Å². The van der Waals surface area contributed by atoms with Crippen molar-refractivity contribution in [3.63, 3.8) is 0 Å². The average Bonchev–Trinajstić information content (AvgIpc) is 2.39. The SMILES string of the molecule is CCN(c1cc(Cl)nc(C(F)(F)F)n1)C1CCCCC1. The van der Waals surface area contributed by atoms with Crippen LogP contribution in [0.4, 0.5) is 19.0 Å². The molecule has 20 heavy (non-hydrogen) atoms. The maximum absolute atomic E-state index is 12.8. The molecule has 1 aromatic heterocycles. The van der Waals surface area contributed by atoms with Gasteiger partial charge in [0.05, 0.1) is 0 Å². The molecular weight excluding hydrogens is 291 g/mol. The Morgan fingerprint density at radius 1 is 1.25 bits per heavy atom. The summed E-state index contributed by atoms with van der Waals surface area (Å²) in [5.41, 5.74) is 0. The molecule has 0 aromatic carbocycles. The highest BCUT2D eigenvalue weighted by molar-refractivity contribution is 6.29. The highest BCUT2D eigenvalue weighted by Gasteiger charge is 2.36. The highest BCUT2D eigenvalue weighted by Crippen LogP contribution is 2.31. The van der Waals surface area contributed by atoms with Gasteiger partial charge in [0, 0.05) is 18.7 Å². The average molecular weight is 308 g/mol. The van der Waals surface area contributed by atoms with Crippen molar-refractivity contribution in [2.75, 3.05) is 11.4 Å². The molecule has 0 radical (unpaired) electrons. The number of nitrogens with zero attached hydrogens (tertiary/aromatic N) is 3. The number of hydrogen-bond acceptors (Lipinski definition) is 3. The van der Waals surface area contributed by atoms with Crippen LogP contribution >= 0.6 is 11.6 Å². The summed E-state index contributed by atoms with van der Waals surface area (Å²) in [5.74, 6) is -0.902. The Morgan fingerprint density at radius 2 is 1.90 bits per heavy atom. The molecule has 0 aliphatic heterocycles. The number of anilines is 1. The van der Waals surface area contributed by atoms with E-state index in [1.54, 1.807) is 0 Å². The summed E-state index contributed by atoms with van der Waals surface area (Å²) in [4.78, 5) is 8.83. The molecular formula is C13H17ClF3N3. The molecule has 0 atom stereocenters. The second kappa shape index (κ2) is 6.16. The third kappa shape index (κ3) is 3.53. The van der Waals surface area contributed by atoms with Crippen LogP contribution in [-0.2, 0) is 6.18 Å². The Bertz CT molecular complexity index is 459. The molecule has 1 fully saturated rings. The number of aromatic nitrogens is 2. The lowest BCUT2D eigenvalue weighted by Crippen LogP contribution is -2.37. The predicted octanol–water partition coefficient (Wildman–Crippen LogP) is 4.31. The fourth-order valence-electron chi connectivity index (χ4n) is 2.68. The third-order valence-electron chi connectivity index (χ3n) is 3.59. The quantitative estimate of drug-likeness (QED) is 0.779. The van der Waals surface area contributed by atoms with Crippen molar-refractivity contribution in [3.8, 4) is 0 Å². The van der Waals surface area contributed by atoms with E-state index in [2.05, 4.69) is 9.97 Å². The van der Waals surface area contributed by atoms with Gasteiger partial charge in [-0.25, -0.2) is 9.97 Å². The van der Waals surface area contributed by atoms with Crippen LogP contribution in [-0.4, -0.2) is 22.6 Å². The first-order valence-electron chi connectivity index (χ1n) is 6.80. The van der Waals surface area contributed by atoms with Gasteiger partial charge in [0.15, 0.2) is 0 Å². The minimum absolute atomic E-state index is 0.170. The van der Waals surface area contributed by atoms with E-state index in [9.17, 15) is 13.2 Å². The van der Waals surface area contributed by atoms with Gasteiger partial charge in [-0.3, -0.25) is 0 Å². The van der Waals surface area contributed by atoms with Crippen molar-refractivity contribution in [2.24, 2.45) is 0 Å². The maximum atomic E-state index is 12.8. The topological polar surface area (TPSA) is 29.0 Å². The molecule has 0 bridgehead atoms. The fraction of sp³-hybridized carbons (Fsp3) is 0.692. The molecule has 0 saturated heterocycles. The third-order valence-corrected chi connectivity index (χ3v) is 3.78. The van der Waals surface area contributed by atoms with Gasteiger partial charge in [0.2, 0.25) is 5.82 Å². The van der Waals surface area contributed by atoms with Crippen molar-refractivity contribution >= 4 is 17.4 Å². The van der Waals surface area contributed by atoms with Gasteiger partial charge in [0.25, 0.3) is 0 Å². The van der Waals surface area contributed by atoms with Crippen molar-refractivity contribution in [1.29, 1.82) is 0 Å². The second-order valence-electron chi connectivity index (χ2n) is 4.95. The molecule has 0 amide bonds. The van der Waals surface area contributed by atoms with Crippen LogP contribution < -0.4 is 4.90 Å². The second-order valence-corrected chi connectivity index (χ2v) is 5.34. The smallest absolute Gasteiger partial charge is 0.354 e. The first kappa shape index (κ1) is 15.4. The molecule has 112 valence electrons. The number of rotatable bonds is 3. The summed E-state index contributed by atoms with van der Waals surface area (Å²) >= 11 is 5.72. The molecule has 1 saturated carbocycles. The lowest BCUT2D eigenvalue weighted by atomic mass is 9.94. The lowest BCUT2D eigenvalue weighted by molar-refractivity contribution is -0.144. The molecule has 7 heteroatoms. The van der Waals surface area contributed by atoms with E-state index in [4.69, 9.17) is 11.6 Å². The highest BCUT2D eigenvalue weighted by atomic mass is 35.5. The molecule has 2 rings (SSSR count). The summed E-state index contributed by atoms with van der Waals surface area (Å²) in [6.07, 6.45) is 0.782. The van der Waals surface area contributed by atoms with Gasteiger partial charge in [0.1, 0.15) is 11.0 Å². The standard InChI is InChI=1S/C13H17ClF3N3/c1-2-20(9-6-4-3-5-7-9)11-8-10(14)18-12(19-11)13(15,16)17/h8-9H,2-7H2,1H3. The number of alkyl halides is 3. The largest absolute Gasteiger partial charge is 0.451 e. The molecule has 0 N–H and O–H groups in total. The monoisotopic (exact) mass is 307 g/mol. The van der Waals surface area contributed by atoms with Crippen LogP contribution in [0.3, 0.4) is 0 Å². The Balaban J connectivity index is 2.31. The zero-order valence-corrected chi connectivity index (χ0v) is 12.0. The van der Waals surface area contributed by atoms with Crippen LogP contribution in [0, 0.1) is 0 Å². The summed E-state index contributed by atoms with van der Waals surface area (Å²) in [7, 11) is 0. The van der Waals surface area contributed by atoms with Crippen LogP contribution in [0.25, 0.3) is 0 Å². The van der Waals surface area contributed by atoms with E-state index in [1.807, 2.05) is 11.8 Å². The summed E-state index contributed by atoms with van der Waals surface area (Å²) < 4.78 is 38.3. The maximum Gasteiger partial charge on any atom is 0.451 e. The van der Waals surface area contributed by atoms with Gasteiger partial charge in [-0.2, -0.15) is 13.2 Å². The summed E-state index contributed by atoms with van der Waals surface area (Å²) in [5, 5.41) is -0.170. The van der Waals surface area contributed by atoms with Gasteiger partial charge >= 0.3 is 6.18 Å². The number of halogens is 4. The minimum Gasteiger partial charge on any atom is -0.354 e. The van der Waals surface area contributed by atoms with Crippen LogP contribution in [0.5, 0.6) is 0 Å². The van der Waals surface area contributed by atoms with Crippen molar-refractivity contribution < 1.29 is 13.2 Å². The van der Waals surface area contributed by atoms with E-state index in [0.717, 1.165) is 25.7 Å². The van der Waals surface area contributed by atoms with E-state index in [1.165, 1.54) is 12.5 Å². The van der Waals surface area contributed by atoms with E-state index < -0.39 is 12.0 Å². The first-order valence-corrected chi connectivity index (χ1v) is 7.18. The van der Waals surface area contributed by atoms with Crippen molar-refractivity contribution in [1.82, 2.24) is 9.97 Å². The minimum atomic E-state index is -4.58. The Kier molecular flexibility index (Phi) is 4.73. The van der Waals surface area contributed by atoms with Gasteiger partial charge < -0.3 is 4.90 Å². The summed E-state index contributed by atoms with van der Waals surface area (Å²) in [6.45, 7) is 2.52. The van der Waals surface area contributed by atoms with Crippen LogP contribution in [0.15, 0.2) is 6.07 Å². The van der Waals surface area contributed by atoms with Crippen molar-refractivity contribution in [2.45, 2.75) is 51.2 Å². The first-order chi connectivity index (χ1) is 9.41. The lowest BCUT2D eigenvalue weighted by Gasteiger charge is -2.34. The van der Waals surface area contributed by atoms with Crippen LogP contribution in [0.2, 0.25) is 5.15 Å². The van der Waals surface area contributed by atoms with E-state index >= 15 is 0 Å². The molecule has 1 aliphatic carbocycles. The van der Waals surface area contributed by atoms with Gasteiger partial charge in [-0.1, -0.05) is 30.9 Å². The molecule has 3 nitrogen and oxygen atoms in total.